The van der Waals surface area contributed by atoms with Crippen molar-refractivity contribution < 1.29 is 24.3 Å². The summed E-state index contributed by atoms with van der Waals surface area (Å²) in [5, 5.41) is 14.3. The van der Waals surface area contributed by atoms with E-state index < -0.39 is 35.0 Å². The number of thiophene rings is 1. The maximum Gasteiger partial charge on any atom is 0.234 e. The quantitative estimate of drug-likeness (QED) is 0.153. The molecule has 1 aromatic heterocycles. The molecule has 6 atom stereocenters. The van der Waals surface area contributed by atoms with Gasteiger partial charge in [0.05, 0.1) is 23.8 Å². The zero-order chi connectivity index (χ0) is 34.1. The SMILES string of the molecule is O=C1C(c2ccccc2)=CC(=O)[C@@]2(c3ccccc3)[C@@H](c3ccc(O)c4ccccc34)C3=CC[C@@H]4C(=O)N(Cc5cccs5)C(=O)[C@@H]4[C@@H]3C[C@@H]12. The minimum Gasteiger partial charge on any atom is -0.507 e. The van der Waals surface area contributed by atoms with Gasteiger partial charge in [-0.2, -0.15) is 0 Å². The standard InChI is InChI=1S/C43H33NO5S/c45-36-20-19-30(28-15-7-8-16-29(28)36)39-31-17-18-32-38(42(49)44(41(32)48)24-27-14-9-21-50-27)34(31)22-35-40(47)33(25-10-3-1-4-11-25)23-37(46)43(35,39)26-12-5-2-6-13-26/h1-17,19-21,23,32,34-35,38-39,45H,18,22,24H2/t32-,34+,35-,38-,39-,43-/m0/s1. The summed E-state index contributed by atoms with van der Waals surface area (Å²) < 4.78 is 0. The first-order valence-electron chi connectivity index (χ1n) is 17.1. The van der Waals surface area contributed by atoms with Crippen molar-refractivity contribution in [1.29, 1.82) is 0 Å². The topological polar surface area (TPSA) is 91.8 Å². The Hall–Kier alpha value is -5.40. The molecule has 1 N–H and O–H groups in total. The Morgan fingerprint density at radius 2 is 1.48 bits per heavy atom. The number of aromatic hydroxyl groups is 1. The van der Waals surface area contributed by atoms with Gasteiger partial charge in [-0.15, -0.1) is 11.3 Å². The lowest BCUT2D eigenvalue weighted by Crippen LogP contribution is -2.58. The number of fused-ring (bicyclic) bond motifs is 5. The van der Waals surface area contributed by atoms with Crippen LogP contribution in [0.4, 0.5) is 0 Å². The smallest absolute Gasteiger partial charge is 0.234 e. The van der Waals surface area contributed by atoms with Crippen LogP contribution in [0.1, 0.15) is 40.3 Å². The zero-order valence-electron chi connectivity index (χ0n) is 27.1. The summed E-state index contributed by atoms with van der Waals surface area (Å²) in [6.45, 7) is 0.228. The molecule has 1 saturated heterocycles. The Morgan fingerprint density at radius 1 is 0.760 bits per heavy atom. The van der Waals surface area contributed by atoms with Crippen LogP contribution in [0.2, 0.25) is 0 Å². The Bertz CT molecular complexity index is 2270. The van der Waals surface area contributed by atoms with Gasteiger partial charge in [0.2, 0.25) is 11.8 Å². The molecule has 0 radical (unpaired) electrons. The highest BCUT2D eigenvalue weighted by atomic mass is 32.1. The number of imide groups is 1. The fraction of sp³-hybridized carbons (Fsp3) is 0.209. The monoisotopic (exact) mass is 675 g/mol. The average molecular weight is 676 g/mol. The van der Waals surface area contributed by atoms with E-state index in [1.54, 1.807) is 6.07 Å². The lowest BCUT2D eigenvalue weighted by atomic mass is 9.44. The van der Waals surface area contributed by atoms with Gasteiger partial charge in [-0.1, -0.05) is 109 Å². The number of phenols is 1. The van der Waals surface area contributed by atoms with Gasteiger partial charge in [0.15, 0.2) is 11.6 Å². The molecule has 4 aromatic carbocycles. The van der Waals surface area contributed by atoms with Gasteiger partial charge >= 0.3 is 0 Å². The molecule has 50 heavy (non-hydrogen) atoms. The van der Waals surface area contributed by atoms with Crippen LogP contribution in [0.15, 0.2) is 132 Å². The zero-order valence-corrected chi connectivity index (χ0v) is 27.9. The van der Waals surface area contributed by atoms with Gasteiger partial charge < -0.3 is 5.11 Å². The summed E-state index contributed by atoms with van der Waals surface area (Å²) in [4.78, 5) is 61.2. The van der Waals surface area contributed by atoms with Gasteiger partial charge in [0.25, 0.3) is 0 Å². The Balaban J connectivity index is 1.30. The van der Waals surface area contributed by atoms with Crippen LogP contribution in [0.25, 0.3) is 16.3 Å². The van der Waals surface area contributed by atoms with Crippen molar-refractivity contribution in [2.75, 3.05) is 0 Å². The van der Waals surface area contributed by atoms with Crippen LogP contribution in [0.5, 0.6) is 5.75 Å². The molecule has 2 amide bonds. The number of amides is 2. The summed E-state index contributed by atoms with van der Waals surface area (Å²) >= 11 is 1.51. The minimum absolute atomic E-state index is 0.123. The third-order valence-electron chi connectivity index (χ3n) is 11.6. The lowest BCUT2D eigenvalue weighted by Gasteiger charge is -2.55. The number of hydrogen-bond donors (Lipinski definition) is 1. The molecule has 2 heterocycles. The number of rotatable bonds is 5. The van der Waals surface area contributed by atoms with E-state index in [1.807, 2.05) is 109 Å². The van der Waals surface area contributed by atoms with Crippen LogP contribution >= 0.6 is 11.3 Å². The Morgan fingerprint density at radius 3 is 2.22 bits per heavy atom. The molecule has 4 aliphatic rings. The molecule has 0 bridgehead atoms. The van der Waals surface area contributed by atoms with Crippen molar-refractivity contribution in [1.82, 2.24) is 4.90 Å². The van der Waals surface area contributed by atoms with Crippen LogP contribution in [-0.2, 0) is 31.1 Å². The molecule has 6 nitrogen and oxygen atoms in total. The molecule has 1 saturated carbocycles. The van der Waals surface area contributed by atoms with Crippen molar-refractivity contribution in [2.24, 2.45) is 23.7 Å². The van der Waals surface area contributed by atoms with Crippen molar-refractivity contribution in [3.63, 3.8) is 0 Å². The molecule has 2 fully saturated rings. The number of phenolic OH excluding ortho intramolecular Hbond substituents is 1. The predicted octanol–water partition coefficient (Wildman–Crippen LogP) is 7.63. The molecular formula is C43H33NO5S. The average Bonchev–Trinajstić information content (AvgIpc) is 3.76. The number of nitrogens with zero attached hydrogens (tertiary/aromatic N) is 1. The van der Waals surface area contributed by atoms with Crippen LogP contribution < -0.4 is 0 Å². The second kappa shape index (κ2) is 11.6. The number of Topliss-reactive ketones (excluding diaryl/α,β-unsaturated/α-hetero) is 1. The molecule has 7 heteroatoms. The van der Waals surface area contributed by atoms with E-state index in [1.165, 1.54) is 22.3 Å². The van der Waals surface area contributed by atoms with Gasteiger partial charge in [0, 0.05) is 27.7 Å². The summed E-state index contributed by atoms with van der Waals surface area (Å²) in [5.41, 5.74) is 2.19. The molecule has 1 aliphatic heterocycles. The van der Waals surface area contributed by atoms with E-state index in [4.69, 9.17) is 0 Å². The fourth-order valence-corrected chi connectivity index (χ4v) is 10.2. The van der Waals surface area contributed by atoms with Crippen molar-refractivity contribution in [2.45, 2.75) is 30.7 Å². The molecular weight excluding hydrogens is 643 g/mol. The first-order valence-corrected chi connectivity index (χ1v) is 18.0. The highest BCUT2D eigenvalue weighted by Gasteiger charge is 2.66. The Kier molecular flexibility index (Phi) is 7.11. The number of ketones is 2. The second-order valence-corrected chi connectivity index (χ2v) is 14.9. The van der Waals surface area contributed by atoms with Gasteiger partial charge in [-0.25, -0.2) is 0 Å². The van der Waals surface area contributed by atoms with Crippen molar-refractivity contribution in [3.05, 3.63) is 154 Å². The second-order valence-electron chi connectivity index (χ2n) is 13.8. The molecule has 246 valence electrons. The summed E-state index contributed by atoms with van der Waals surface area (Å²) in [5.74, 6) is -3.63. The molecule has 3 aliphatic carbocycles. The first-order chi connectivity index (χ1) is 24.4. The molecule has 5 aromatic rings. The summed E-state index contributed by atoms with van der Waals surface area (Å²) in [6.07, 6.45) is 4.26. The molecule has 0 unspecified atom stereocenters. The number of allylic oxidation sites excluding steroid dienone is 4. The van der Waals surface area contributed by atoms with Gasteiger partial charge in [0.1, 0.15) is 5.75 Å². The number of carbonyl (C=O) groups excluding carboxylic acids is 4. The largest absolute Gasteiger partial charge is 0.507 e. The molecule has 0 spiro atoms. The fourth-order valence-electron chi connectivity index (χ4n) is 9.56. The maximum atomic E-state index is 15.3. The van der Waals surface area contributed by atoms with E-state index in [-0.39, 0.29) is 42.1 Å². The Labute approximate surface area is 293 Å². The number of benzene rings is 4. The van der Waals surface area contributed by atoms with Crippen LogP contribution in [0, 0.1) is 23.7 Å². The van der Waals surface area contributed by atoms with Crippen molar-refractivity contribution in [3.8, 4) is 5.75 Å². The minimum atomic E-state index is -1.33. The number of carbonyl (C=O) groups is 4. The lowest BCUT2D eigenvalue weighted by molar-refractivity contribution is -0.141. The van der Waals surface area contributed by atoms with E-state index >= 15 is 9.59 Å². The van der Waals surface area contributed by atoms with E-state index in [2.05, 4.69) is 6.08 Å². The number of hydrogen-bond acceptors (Lipinski definition) is 6. The van der Waals surface area contributed by atoms with E-state index in [0.717, 1.165) is 27.0 Å². The van der Waals surface area contributed by atoms with Gasteiger partial charge in [-0.05, 0) is 64.4 Å². The highest BCUT2D eigenvalue weighted by Crippen LogP contribution is 2.64. The van der Waals surface area contributed by atoms with Crippen LogP contribution in [-0.4, -0.2) is 33.4 Å². The molecule has 9 rings (SSSR count). The first kappa shape index (κ1) is 30.6. The van der Waals surface area contributed by atoms with E-state index in [0.29, 0.717) is 22.9 Å². The summed E-state index contributed by atoms with van der Waals surface area (Å²) in [7, 11) is 0. The third kappa shape index (κ3) is 4.32. The summed E-state index contributed by atoms with van der Waals surface area (Å²) in [6, 6.07) is 33.8. The normalized spacial score (nSPS) is 27.4. The van der Waals surface area contributed by atoms with Crippen molar-refractivity contribution >= 4 is 51.1 Å². The third-order valence-corrected chi connectivity index (χ3v) is 12.5. The highest BCUT2D eigenvalue weighted by molar-refractivity contribution is 7.09. The van der Waals surface area contributed by atoms with Gasteiger partial charge in [-0.3, -0.25) is 24.1 Å². The van der Waals surface area contributed by atoms with Crippen LogP contribution in [0.3, 0.4) is 0 Å². The predicted molar refractivity (Wildman–Crippen MR) is 192 cm³/mol. The number of likely N-dealkylation sites (tertiary alicyclic amines) is 1. The maximum absolute atomic E-state index is 15.3. The van der Waals surface area contributed by atoms with E-state index in [9.17, 15) is 14.7 Å².